The van der Waals surface area contributed by atoms with Crippen molar-refractivity contribution in [2.75, 3.05) is 11.9 Å². The quantitative estimate of drug-likeness (QED) is 0.749. The minimum atomic E-state index is -0.818. The van der Waals surface area contributed by atoms with Crippen molar-refractivity contribution in [2.45, 2.75) is 51.2 Å². The Hall–Kier alpha value is -2.25. The van der Waals surface area contributed by atoms with Crippen molar-refractivity contribution in [3.63, 3.8) is 0 Å². The lowest BCUT2D eigenvalue weighted by Gasteiger charge is -2.34. The molecule has 1 aromatic heterocycles. The van der Waals surface area contributed by atoms with Crippen molar-refractivity contribution in [1.29, 1.82) is 0 Å². The first kappa shape index (κ1) is 17.6. The second-order valence-corrected chi connectivity index (χ2v) is 7.16. The fourth-order valence-corrected chi connectivity index (χ4v) is 2.72. The number of rotatable bonds is 7. The molecule has 0 radical (unpaired) electrons. The van der Waals surface area contributed by atoms with Crippen LogP contribution in [0.5, 0.6) is 0 Å². The summed E-state index contributed by atoms with van der Waals surface area (Å²) in [5, 5.41) is 16.4. The number of hydrogen-bond acceptors (Lipinski definition) is 6. The Morgan fingerprint density at radius 3 is 2.88 bits per heavy atom. The van der Waals surface area contributed by atoms with Crippen LogP contribution in [0, 0.1) is 6.92 Å². The first-order valence-electron chi connectivity index (χ1n) is 8.34. The molecule has 25 heavy (non-hydrogen) atoms. The van der Waals surface area contributed by atoms with Crippen LogP contribution in [-0.4, -0.2) is 40.0 Å². The van der Waals surface area contributed by atoms with Crippen LogP contribution in [0.4, 0.5) is 5.69 Å². The van der Waals surface area contributed by atoms with E-state index in [4.69, 9.17) is 9.26 Å². The van der Waals surface area contributed by atoms with E-state index in [-0.39, 0.29) is 12.0 Å². The first-order chi connectivity index (χ1) is 11.9. The third kappa shape index (κ3) is 4.24. The van der Waals surface area contributed by atoms with Gasteiger partial charge in [-0.25, -0.2) is 0 Å². The van der Waals surface area contributed by atoms with Gasteiger partial charge in [-0.05, 0) is 45.2 Å². The maximum atomic E-state index is 10.7. The smallest absolute Gasteiger partial charge is 0.230 e. The molecule has 7 heteroatoms. The molecule has 0 unspecified atom stereocenters. The number of nitrogens with one attached hydrogen (secondary N) is 1. The molecule has 0 bridgehead atoms. The number of aliphatic hydroxyl groups is 1. The molecule has 0 atom stereocenters. The van der Waals surface area contributed by atoms with E-state index in [2.05, 4.69) is 15.5 Å². The average Bonchev–Trinajstić information content (AvgIpc) is 2.96. The molecular formula is C18H23N3O4. The summed E-state index contributed by atoms with van der Waals surface area (Å²) in [6, 6.07) is 5.63. The van der Waals surface area contributed by atoms with Gasteiger partial charge in [-0.3, -0.25) is 4.79 Å². The highest BCUT2D eigenvalue weighted by Crippen LogP contribution is 2.39. The summed E-state index contributed by atoms with van der Waals surface area (Å²) < 4.78 is 11.1. The Balaban J connectivity index is 1.62. The second-order valence-electron chi connectivity index (χ2n) is 7.16. The summed E-state index contributed by atoms with van der Waals surface area (Å²) in [5.74, 6) is 1.29. The number of hydrogen-bond donors (Lipinski definition) is 2. The van der Waals surface area contributed by atoms with E-state index in [1.165, 1.54) is 0 Å². The van der Waals surface area contributed by atoms with Crippen molar-refractivity contribution in [2.24, 2.45) is 0 Å². The van der Waals surface area contributed by atoms with Crippen LogP contribution < -0.4 is 5.32 Å². The van der Waals surface area contributed by atoms with E-state index >= 15 is 0 Å². The predicted molar refractivity (Wildman–Crippen MR) is 92.2 cm³/mol. The lowest BCUT2D eigenvalue weighted by Crippen LogP contribution is -2.35. The van der Waals surface area contributed by atoms with Crippen molar-refractivity contribution in [3.8, 4) is 11.4 Å². The lowest BCUT2D eigenvalue weighted by molar-refractivity contribution is -0.105. The summed E-state index contributed by atoms with van der Waals surface area (Å²) in [5.41, 5.74) is 1.66. The Morgan fingerprint density at radius 2 is 2.20 bits per heavy atom. The van der Waals surface area contributed by atoms with Gasteiger partial charge in [0.05, 0.1) is 18.3 Å². The van der Waals surface area contributed by atoms with Gasteiger partial charge >= 0.3 is 0 Å². The van der Waals surface area contributed by atoms with Gasteiger partial charge in [-0.15, -0.1) is 0 Å². The lowest BCUT2D eigenvalue weighted by atomic mass is 9.82. The van der Waals surface area contributed by atoms with Gasteiger partial charge in [0.1, 0.15) is 0 Å². The molecule has 2 aromatic rings. The molecule has 7 nitrogen and oxygen atoms in total. The summed E-state index contributed by atoms with van der Waals surface area (Å²) in [4.78, 5) is 15.1. The zero-order valence-corrected chi connectivity index (χ0v) is 14.7. The Labute approximate surface area is 146 Å². The van der Waals surface area contributed by atoms with Crippen LogP contribution in [0.25, 0.3) is 11.4 Å². The van der Waals surface area contributed by atoms with Gasteiger partial charge in [0.15, 0.2) is 0 Å². The van der Waals surface area contributed by atoms with Crippen LogP contribution in [0.2, 0.25) is 0 Å². The van der Waals surface area contributed by atoms with Gasteiger partial charge in [-0.1, -0.05) is 17.3 Å². The number of nitrogens with zero attached hydrogens (tertiary/aromatic N) is 2. The standard InChI is InChI=1S/C18H23N3O4/c1-11-4-5-12(8-15(11)19-10-22)16-20-17(25-21-16)13-6-14(7-13)24-9-18(2,3)23/h4-5,8,10,13-14,23H,6-7,9H2,1-3H3,(H,19,22). The highest BCUT2D eigenvalue weighted by Gasteiger charge is 2.36. The molecule has 1 aliphatic rings. The SMILES string of the molecule is Cc1ccc(-c2noc(C3CC(OCC(C)(C)O)C3)n2)cc1NC=O. The zero-order chi connectivity index (χ0) is 18.0. The second kappa shape index (κ2) is 6.93. The van der Waals surface area contributed by atoms with E-state index in [9.17, 15) is 9.90 Å². The van der Waals surface area contributed by atoms with Gasteiger partial charge in [0, 0.05) is 17.2 Å². The van der Waals surface area contributed by atoms with Crippen molar-refractivity contribution in [1.82, 2.24) is 10.1 Å². The van der Waals surface area contributed by atoms with Gasteiger partial charge < -0.3 is 19.7 Å². The zero-order valence-electron chi connectivity index (χ0n) is 14.7. The summed E-state index contributed by atoms with van der Waals surface area (Å²) in [6.07, 6.45) is 2.39. The topological polar surface area (TPSA) is 97.5 Å². The normalized spacial score (nSPS) is 20.2. The highest BCUT2D eigenvalue weighted by molar-refractivity contribution is 5.76. The number of aromatic nitrogens is 2. The molecule has 1 saturated carbocycles. The summed E-state index contributed by atoms with van der Waals surface area (Å²) in [6.45, 7) is 5.68. The minimum absolute atomic E-state index is 0.120. The maximum absolute atomic E-state index is 10.7. The molecule has 2 N–H and O–H groups in total. The molecule has 0 saturated heterocycles. The first-order valence-corrected chi connectivity index (χ1v) is 8.34. The molecule has 1 heterocycles. The Kier molecular flexibility index (Phi) is 4.87. The monoisotopic (exact) mass is 345 g/mol. The van der Waals surface area contributed by atoms with E-state index in [0.717, 1.165) is 29.7 Å². The molecule has 3 rings (SSSR count). The van der Waals surface area contributed by atoms with Crippen LogP contribution in [0.15, 0.2) is 22.7 Å². The van der Waals surface area contributed by atoms with Gasteiger partial charge in [0.2, 0.25) is 18.1 Å². The fraction of sp³-hybridized carbons (Fsp3) is 0.500. The highest BCUT2D eigenvalue weighted by atomic mass is 16.5. The molecule has 134 valence electrons. The van der Waals surface area contributed by atoms with Crippen LogP contribution in [0.3, 0.4) is 0 Å². The van der Waals surface area contributed by atoms with E-state index in [0.29, 0.717) is 24.7 Å². The Morgan fingerprint density at radius 1 is 1.44 bits per heavy atom. The van der Waals surface area contributed by atoms with E-state index < -0.39 is 5.60 Å². The van der Waals surface area contributed by atoms with Gasteiger partial charge in [0.25, 0.3) is 0 Å². The van der Waals surface area contributed by atoms with Crippen molar-refractivity contribution in [3.05, 3.63) is 29.7 Å². The van der Waals surface area contributed by atoms with Crippen LogP contribution >= 0.6 is 0 Å². The van der Waals surface area contributed by atoms with Crippen LogP contribution in [0.1, 0.15) is 44.1 Å². The molecule has 1 fully saturated rings. The van der Waals surface area contributed by atoms with E-state index in [1.807, 2.05) is 25.1 Å². The average molecular weight is 345 g/mol. The van der Waals surface area contributed by atoms with Crippen LogP contribution in [-0.2, 0) is 9.53 Å². The number of benzene rings is 1. The Bertz CT molecular complexity index is 745. The number of carbonyl (C=O) groups is 1. The number of aryl methyl sites for hydroxylation is 1. The molecule has 1 amide bonds. The summed E-state index contributed by atoms with van der Waals surface area (Å²) in [7, 11) is 0. The minimum Gasteiger partial charge on any atom is -0.388 e. The molecule has 1 aliphatic carbocycles. The van der Waals surface area contributed by atoms with Crippen molar-refractivity contribution < 1.29 is 19.2 Å². The van der Waals surface area contributed by atoms with Crippen molar-refractivity contribution >= 4 is 12.1 Å². The fourth-order valence-electron chi connectivity index (χ4n) is 2.72. The molecular weight excluding hydrogens is 322 g/mol. The van der Waals surface area contributed by atoms with E-state index in [1.54, 1.807) is 13.8 Å². The summed E-state index contributed by atoms with van der Waals surface area (Å²) >= 11 is 0. The molecule has 0 aliphatic heterocycles. The predicted octanol–water partition coefficient (Wildman–Crippen LogP) is 2.65. The third-order valence-electron chi connectivity index (χ3n) is 4.27. The third-order valence-corrected chi connectivity index (χ3v) is 4.27. The number of carbonyl (C=O) groups excluding carboxylic acids is 1. The number of amides is 1. The molecule has 1 aromatic carbocycles. The van der Waals surface area contributed by atoms with Gasteiger partial charge in [-0.2, -0.15) is 4.98 Å². The number of anilines is 1. The maximum Gasteiger partial charge on any atom is 0.230 e. The molecule has 0 spiro atoms. The number of ether oxygens (including phenoxy) is 1. The largest absolute Gasteiger partial charge is 0.388 e.